The van der Waals surface area contributed by atoms with Gasteiger partial charge in [0.05, 0.1) is 32.1 Å². The number of benzene rings is 1. The molecule has 1 aromatic carbocycles. The van der Waals surface area contributed by atoms with Crippen LogP contribution in [0.25, 0.3) is 0 Å². The number of nitrogens with zero attached hydrogens (tertiary/aromatic N) is 2. The minimum Gasteiger partial charge on any atom is -0.482 e. The van der Waals surface area contributed by atoms with Crippen LogP contribution >= 0.6 is 0 Å². The van der Waals surface area contributed by atoms with Crippen molar-refractivity contribution in [1.82, 2.24) is 9.88 Å². The van der Waals surface area contributed by atoms with Crippen LogP contribution in [0.15, 0.2) is 54.9 Å². The van der Waals surface area contributed by atoms with E-state index in [0.29, 0.717) is 43.9 Å². The predicted molar refractivity (Wildman–Crippen MR) is 113 cm³/mol. The van der Waals surface area contributed by atoms with Crippen molar-refractivity contribution in [3.8, 4) is 5.75 Å². The van der Waals surface area contributed by atoms with E-state index in [1.165, 1.54) is 5.56 Å². The van der Waals surface area contributed by atoms with E-state index in [-0.39, 0.29) is 18.6 Å². The molecule has 0 unspecified atom stereocenters. The summed E-state index contributed by atoms with van der Waals surface area (Å²) in [6.07, 6.45) is 4.22. The first kappa shape index (κ1) is 20.8. The first-order chi connectivity index (χ1) is 14.6. The number of hydrogen-bond acceptors (Lipinski definition) is 5. The van der Waals surface area contributed by atoms with E-state index < -0.39 is 5.60 Å². The fraction of sp³-hybridized carbons (Fsp3) is 0.500. The van der Waals surface area contributed by atoms with Crippen molar-refractivity contribution in [3.63, 3.8) is 0 Å². The Hall–Kier alpha value is -2.44. The largest absolute Gasteiger partial charge is 0.482 e. The quantitative estimate of drug-likeness (QED) is 0.755. The molecule has 0 N–H and O–H groups in total. The minimum absolute atomic E-state index is 0.00286. The third-order valence-electron chi connectivity index (χ3n) is 6.10. The lowest BCUT2D eigenvalue weighted by molar-refractivity contribution is -0.211. The Morgan fingerprint density at radius 2 is 2.10 bits per heavy atom. The molecule has 0 radical (unpaired) electrons. The predicted octanol–water partition coefficient (Wildman–Crippen LogP) is 3.49. The average Bonchev–Trinajstić information content (AvgIpc) is 2.79. The number of hydrogen-bond donors (Lipinski definition) is 0. The van der Waals surface area contributed by atoms with E-state index in [4.69, 9.17) is 14.2 Å². The van der Waals surface area contributed by atoms with E-state index in [1.54, 1.807) is 24.5 Å². The molecule has 160 valence electrons. The van der Waals surface area contributed by atoms with Gasteiger partial charge in [0.2, 0.25) is 0 Å². The van der Waals surface area contributed by atoms with Crippen LogP contribution in [0.2, 0.25) is 0 Å². The molecule has 30 heavy (non-hydrogen) atoms. The number of carbonyl (C=O) groups is 1. The average molecular weight is 411 g/mol. The molecule has 2 fully saturated rings. The highest BCUT2D eigenvalue weighted by atomic mass is 16.6. The molecule has 0 saturated carbocycles. The van der Waals surface area contributed by atoms with Gasteiger partial charge in [-0.05, 0) is 36.0 Å². The van der Waals surface area contributed by atoms with E-state index in [9.17, 15) is 4.79 Å². The topological polar surface area (TPSA) is 60.9 Å². The van der Waals surface area contributed by atoms with Crippen molar-refractivity contribution in [1.29, 1.82) is 0 Å². The van der Waals surface area contributed by atoms with Crippen LogP contribution in [0, 0.1) is 11.8 Å². The standard InChI is InChI=1S/C24H30N2O4/c1-18(2)21-13-24(17-29-23(21)19-7-4-3-5-8-19)16-26(11-12-30-24)22(27)15-28-20-9-6-10-25-14-20/h3-10,14,18,21,23H,11-13,15-17H2,1-2H3/t21-,23-,24-/m0/s1. The molecule has 2 saturated heterocycles. The van der Waals surface area contributed by atoms with E-state index in [1.807, 2.05) is 11.0 Å². The first-order valence-electron chi connectivity index (χ1n) is 10.7. The van der Waals surface area contributed by atoms with Crippen LogP contribution in [-0.2, 0) is 14.3 Å². The molecular weight excluding hydrogens is 380 g/mol. The normalized spacial score (nSPS) is 26.7. The van der Waals surface area contributed by atoms with Crippen molar-refractivity contribution >= 4 is 5.91 Å². The van der Waals surface area contributed by atoms with E-state index >= 15 is 0 Å². The van der Waals surface area contributed by atoms with Crippen LogP contribution in [0.5, 0.6) is 5.75 Å². The van der Waals surface area contributed by atoms with E-state index in [0.717, 1.165) is 6.42 Å². The number of aromatic nitrogens is 1. The molecule has 6 heteroatoms. The van der Waals surface area contributed by atoms with Gasteiger partial charge in [0.1, 0.15) is 11.4 Å². The summed E-state index contributed by atoms with van der Waals surface area (Å²) >= 11 is 0. The summed E-state index contributed by atoms with van der Waals surface area (Å²) in [7, 11) is 0. The van der Waals surface area contributed by atoms with Crippen molar-refractivity contribution < 1.29 is 19.0 Å². The maximum absolute atomic E-state index is 12.8. The first-order valence-corrected chi connectivity index (χ1v) is 10.7. The minimum atomic E-state index is -0.456. The molecule has 1 aromatic heterocycles. The highest BCUT2D eigenvalue weighted by molar-refractivity contribution is 5.78. The van der Waals surface area contributed by atoms with Crippen LogP contribution in [0.3, 0.4) is 0 Å². The molecule has 4 rings (SSSR count). The summed E-state index contributed by atoms with van der Waals surface area (Å²) in [5.74, 6) is 1.33. The third kappa shape index (κ3) is 4.65. The van der Waals surface area contributed by atoms with Gasteiger partial charge in [-0.2, -0.15) is 0 Å². The molecule has 1 spiro atoms. The zero-order chi connectivity index (χ0) is 21.0. The van der Waals surface area contributed by atoms with Crippen molar-refractivity contribution in [2.24, 2.45) is 11.8 Å². The fourth-order valence-corrected chi connectivity index (χ4v) is 4.47. The van der Waals surface area contributed by atoms with Gasteiger partial charge in [-0.15, -0.1) is 0 Å². The number of morpholine rings is 1. The Morgan fingerprint density at radius 1 is 1.27 bits per heavy atom. The molecule has 1 amide bonds. The van der Waals surface area contributed by atoms with E-state index in [2.05, 4.69) is 43.1 Å². The molecule has 0 bridgehead atoms. The summed E-state index contributed by atoms with van der Waals surface area (Å²) in [4.78, 5) is 18.6. The van der Waals surface area contributed by atoms with Crippen LogP contribution in [0.4, 0.5) is 0 Å². The number of amides is 1. The maximum Gasteiger partial charge on any atom is 0.260 e. The Labute approximate surface area is 178 Å². The number of ether oxygens (including phenoxy) is 3. The van der Waals surface area contributed by atoms with Gasteiger partial charge in [0.25, 0.3) is 5.91 Å². The molecule has 0 aliphatic carbocycles. The highest BCUT2D eigenvalue weighted by Gasteiger charge is 2.47. The maximum atomic E-state index is 12.8. The number of pyridine rings is 1. The second kappa shape index (κ2) is 9.14. The molecule has 2 aromatic rings. The monoisotopic (exact) mass is 410 g/mol. The summed E-state index contributed by atoms with van der Waals surface area (Å²) in [6.45, 7) is 6.58. The lowest BCUT2D eigenvalue weighted by Crippen LogP contribution is -2.60. The van der Waals surface area contributed by atoms with Crippen LogP contribution in [-0.4, -0.2) is 54.3 Å². The Bertz CT molecular complexity index is 830. The summed E-state index contributed by atoms with van der Waals surface area (Å²) in [5, 5.41) is 0. The number of carbonyl (C=O) groups excluding carboxylic acids is 1. The van der Waals surface area contributed by atoms with Crippen LogP contribution < -0.4 is 4.74 Å². The van der Waals surface area contributed by atoms with Crippen LogP contribution in [0.1, 0.15) is 31.9 Å². The van der Waals surface area contributed by atoms with Crippen molar-refractivity contribution in [2.45, 2.75) is 32.0 Å². The fourth-order valence-electron chi connectivity index (χ4n) is 4.47. The van der Waals surface area contributed by atoms with Gasteiger partial charge in [-0.3, -0.25) is 9.78 Å². The molecular formula is C24H30N2O4. The third-order valence-corrected chi connectivity index (χ3v) is 6.10. The van der Waals surface area contributed by atoms with Gasteiger partial charge in [0, 0.05) is 12.7 Å². The summed E-state index contributed by atoms with van der Waals surface area (Å²) < 4.78 is 18.2. The Kier molecular flexibility index (Phi) is 6.35. The van der Waals surface area contributed by atoms with Gasteiger partial charge < -0.3 is 19.1 Å². The van der Waals surface area contributed by atoms with Crippen molar-refractivity contribution in [2.75, 3.05) is 32.9 Å². The van der Waals surface area contributed by atoms with Gasteiger partial charge >= 0.3 is 0 Å². The summed E-state index contributed by atoms with van der Waals surface area (Å²) in [5.41, 5.74) is 0.752. The molecule has 6 nitrogen and oxygen atoms in total. The SMILES string of the molecule is CC(C)[C@@H]1C[C@@]2(CO[C@H]1c1ccccc1)CN(C(=O)COc1cccnc1)CCO2. The lowest BCUT2D eigenvalue weighted by Gasteiger charge is -2.50. The smallest absolute Gasteiger partial charge is 0.260 e. The molecule has 3 atom stereocenters. The molecule has 2 aliphatic heterocycles. The second-order valence-electron chi connectivity index (χ2n) is 8.58. The zero-order valence-corrected chi connectivity index (χ0v) is 17.7. The summed E-state index contributed by atoms with van der Waals surface area (Å²) in [6, 6.07) is 14.0. The number of rotatable bonds is 5. The second-order valence-corrected chi connectivity index (χ2v) is 8.58. The Morgan fingerprint density at radius 3 is 2.83 bits per heavy atom. The van der Waals surface area contributed by atoms with Gasteiger partial charge in [-0.1, -0.05) is 44.2 Å². The van der Waals surface area contributed by atoms with Crippen molar-refractivity contribution in [3.05, 3.63) is 60.4 Å². The Balaban J connectivity index is 1.42. The van der Waals surface area contributed by atoms with Gasteiger partial charge in [0.15, 0.2) is 6.61 Å². The zero-order valence-electron chi connectivity index (χ0n) is 17.7. The lowest BCUT2D eigenvalue weighted by atomic mass is 9.75. The van der Waals surface area contributed by atoms with Gasteiger partial charge in [-0.25, -0.2) is 0 Å². The highest BCUT2D eigenvalue weighted by Crippen LogP contribution is 2.44. The molecule has 3 heterocycles. The molecule has 2 aliphatic rings.